The van der Waals surface area contributed by atoms with Crippen LogP contribution in [-0.2, 0) is 24.2 Å². The molecule has 1 aromatic carbocycles. The van der Waals surface area contributed by atoms with Crippen molar-refractivity contribution in [2.45, 2.75) is 82.2 Å². The Balaban J connectivity index is 1.36. The molecule has 10 heteroatoms. The topological polar surface area (TPSA) is 90.0 Å². The minimum absolute atomic E-state index is 0.0634. The molecule has 1 N–H and O–H groups in total. The lowest BCUT2D eigenvalue weighted by Gasteiger charge is -2.34. The number of rotatable bonds is 11. The molecule has 2 aliphatic rings. The van der Waals surface area contributed by atoms with Crippen molar-refractivity contribution in [2.75, 3.05) is 37.7 Å². The first-order chi connectivity index (χ1) is 16.5. The van der Waals surface area contributed by atoms with Crippen molar-refractivity contribution < 1.29 is 22.6 Å². The van der Waals surface area contributed by atoms with Gasteiger partial charge in [0.25, 0.3) is 0 Å². The van der Waals surface area contributed by atoms with Gasteiger partial charge < -0.3 is 19.1 Å². The van der Waals surface area contributed by atoms with Crippen LogP contribution in [0.25, 0.3) is 10.2 Å². The summed E-state index contributed by atoms with van der Waals surface area (Å²) in [5.74, 6) is 0. The molecule has 0 unspecified atom stereocenters. The molecule has 2 fully saturated rings. The van der Waals surface area contributed by atoms with Gasteiger partial charge in [-0.2, -0.15) is 0 Å². The Hall–Kier alpha value is -1.30. The second kappa shape index (κ2) is 12.1. The number of aromatic nitrogens is 1. The van der Waals surface area contributed by atoms with Crippen molar-refractivity contribution in [1.29, 1.82) is 0 Å². The molecule has 8 nitrogen and oxygen atoms in total. The van der Waals surface area contributed by atoms with Crippen LogP contribution >= 0.6 is 11.3 Å². The third kappa shape index (κ3) is 6.67. The molecular formula is C24H37N3O5S2. The van der Waals surface area contributed by atoms with E-state index in [0.29, 0.717) is 25.4 Å². The minimum Gasteiger partial charge on any atom is -0.375 e. The number of hydrogen-bond acceptors (Lipinski definition) is 8. The third-order valence-electron chi connectivity index (χ3n) is 6.45. The normalized spacial score (nSPS) is 18.9. The van der Waals surface area contributed by atoms with Gasteiger partial charge in [0.1, 0.15) is 0 Å². The van der Waals surface area contributed by atoms with Gasteiger partial charge in [-0.05, 0) is 57.7 Å². The number of ether oxygens (including phenoxy) is 3. The molecule has 1 saturated carbocycles. The molecule has 34 heavy (non-hydrogen) atoms. The lowest BCUT2D eigenvalue weighted by molar-refractivity contribution is -0.130. The van der Waals surface area contributed by atoms with E-state index in [1.165, 1.54) is 32.1 Å². The Bertz CT molecular complexity index is 1010. The van der Waals surface area contributed by atoms with Gasteiger partial charge >= 0.3 is 0 Å². The Morgan fingerprint density at radius 2 is 1.74 bits per heavy atom. The molecule has 0 atom stereocenters. The van der Waals surface area contributed by atoms with Crippen molar-refractivity contribution in [1.82, 2.24) is 9.71 Å². The number of fused-ring (bicyclic) bond motifs is 1. The number of benzene rings is 1. The molecule has 1 saturated heterocycles. The number of piperidine rings is 1. The summed E-state index contributed by atoms with van der Waals surface area (Å²) in [5, 5.41) is 0.946. The number of thiazole rings is 1. The molecule has 0 radical (unpaired) electrons. The van der Waals surface area contributed by atoms with Crippen LogP contribution in [-0.4, -0.2) is 64.7 Å². The maximum atomic E-state index is 12.8. The summed E-state index contributed by atoms with van der Waals surface area (Å²) in [6.07, 6.45) is 8.54. The molecule has 1 aliphatic heterocycles. The largest absolute Gasteiger partial charge is 0.375 e. The Kier molecular flexibility index (Phi) is 9.17. The second-order valence-corrected chi connectivity index (χ2v) is 11.7. The van der Waals surface area contributed by atoms with Crippen molar-refractivity contribution in [2.24, 2.45) is 0 Å². The molecule has 2 heterocycles. The van der Waals surface area contributed by atoms with E-state index in [1.807, 2.05) is 13.8 Å². The highest BCUT2D eigenvalue weighted by Gasteiger charge is 2.26. The quantitative estimate of drug-likeness (QED) is 0.450. The van der Waals surface area contributed by atoms with Crippen LogP contribution in [0, 0.1) is 0 Å². The standard InChI is InChI=1S/C24H37N3O5S2/c1-3-30-23(31-4-2)17-25-34(28,29)20-10-11-21-22(16-20)33-24(26-21)27-14-12-19(13-15-27)32-18-8-6-5-7-9-18/h10-11,16,18-19,23,25H,3-9,12-15,17H2,1-2H3. The highest BCUT2D eigenvalue weighted by molar-refractivity contribution is 7.89. The van der Waals surface area contributed by atoms with Gasteiger partial charge in [0, 0.05) is 26.3 Å². The van der Waals surface area contributed by atoms with Crippen molar-refractivity contribution in [3.05, 3.63) is 18.2 Å². The lowest BCUT2D eigenvalue weighted by Crippen LogP contribution is -2.38. The van der Waals surface area contributed by atoms with Crippen LogP contribution in [0.1, 0.15) is 58.8 Å². The van der Waals surface area contributed by atoms with E-state index in [-0.39, 0.29) is 11.4 Å². The van der Waals surface area contributed by atoms with Crippen LogP contribution in [0.15, 0.2) is 23.1 Å². The first-order valence-electron chi connectivity index (χ1n) is 12.5. The molecule has 4 rings (SSSR count). The fraction of sp³-hybridized carbons (Fsp3) is 0.708. The fourth-order valence-corrected chi connectivity index (χ4v) is 6.82. The highest BCUT2D eigenvalue weighted by Crippen LogP contribution is 2.33. The van der Waals surface area contributed by atoms with Crippen molar-refractivity contribution in [3.8, 4) is 0 Å². The molecule has 2 aromatic rings. The van der Waals surface area contributed by atoms with Gasteiger partial charge in [-0.1, -0.05) is 30.6 Å². The monoisotopic (exact) mass is 511 g/mol. The zero-order valence-electron chi connectivity index (χ0n) is 20.2. The number of hydrogen-bond donors (Lipinski definition) is 1. The summed E-state index contributed by atoms with van der Waals surface area (Å²) in [7, 11) is -3.68. The zero-order valence-corrected chi connectivity index (χ0v) is 21.8. The van der Waals surface area contributed by atoms with Gasteiger partial charge in [-0.3, -0.25) is 0 Å². The first-order valence-corrected chi connectivity index (χ1v) is 14.8. The molecule has 0 spiro atoms. The van der Waals surface area contributed by atoms with E-state index in [2.05, 4.69) is 9.62 Å². The first kappa shape index (κ1) is 25.8. The summed E-state index contributed by atoms with van der Waals surface area (Å²) in [6.45, 7) is 6.50. The molecule has 1 aromatic heterocycles. The minimum atomic E-state index is -3.68. The predicted octanol–water partition coefficient (Wildman–Crippen LogP) is 4.29. The predicted molar refractivity (Wildman–Crippen MR) is 135 cm³/mol. The molecule has 190 valence electrons. The number of nitrogens with one attached hydrogen (secondary N) is 1. The summed E-state index contributed by atoms with van der Waals surface area (Å²) in [4.78, 5) is 7.29. The van der Waals surface area contributed by atoms with E-state index in [1.54, 1.807) is 29.5 Å². The van der Waals surface area contributed by atoms with Crippen molar-refractivity contribution >= 4 is 36.7 Å². The lowest BCUT2D eigenvalue weighted by atomic mass is 9.97. The SMILES string of the molecule is CCOC(CNS(=O)(=O)c1ccc2nc(N3CCC(OC4CCCCC4)CC3)sc2c1)OCC. The third-order valence-corrected chi connectivity index (χ3v) is 8.95. The highest BCUT2D eigenvalue weighted by atomic mass is 32.2. The second-order valence-electron chi connectivity index (χ2n) is 8.90. The summed E-state index contributed by atoms with van der Waals surface area (Å²) in [5.41, 5.74) is 0.820. The van der Waals surface area contributed by atoms with Gasteiger partial charge in [0.2, 0.25) is 10.0 Å². The average Bonchev–Trinajstić information content (AvgIpc) is 3.28. The molecular weight excluding hydrogens is 474 g/mol. The number of anilines is 1. The van der Waals surface area contributed by atoms with E-state index >= 15 is 0 Å². The maximum Gasteiger partial charge on any atom is 0.240 e. The summed E-state index contributed by atoms with van der Waals surface area (Å²) < 4.78 is 46.4. The molecule has 0 bridgehead atoms. The Labute approximate surface area is 207 Å². The van der Waals surface area contributed by atoms with E-state index in [4.69, 9.17) is 19.2 Å². The number of sulfonamides is 1. The van der Waals surface area contributed by atoms with Crippen LogP contribution in [0.4, 0.5) is 5.13 Å². The maximum absolute atomic E-state index is 12.8. The van der Waals surface area contributed by atoms with Gasteiger partial charge in [-0.25, -0.2) is 18.1 Å². The van der Waals surface area contributed by atoms with Crippen LogP contribution < -0.4 is 9.62 Å². The van der Waals surface area contributed by atoms with E-state index < -0.39 is 16.3 Å². The van der Waals surface area contributed by atoms with Gasteiger partial charge in [-0.15, -0.1) is 0 Å². The van der Waals surface area contributed by atoms with Crippen LogP contribution in [0.2, 0.25) is 0 Å². The Morgan fingerprint density at radius 1 is 1.06 bits per heavy atom. The van der Waals surface area contributed by atoms with Gasteiger partial charge in [0.05, 0.1) is 33.9 Å². The number of nitrogens with zero attached hydrogens (tertiary/aromatic N) is 2. The van der Waals surface area contributed by atoms with Gasteiger partial charge in [0.15, 0.2) is 11.4 Å². The zero-order chi connectivity index (χ0) is 24.0. The fourth-order valence-electron chi connectivity index (χ4n) is 4.65. The average molecular weight is 512 g/mol. The molecule has 1 aliphatic carbocycles. The van der Waals surface area contributed by atoms with Crippen LogP contribution in [0.5, 0.6) is 0 Å². The Morgan fingerprint density at radius 3 is 2.41 bits per heavy atom. The summed E-state index contributed by atoms with van der Waals surface area (Å²) >= 11 is 1.54. The van der Waals surface area contributed by atoms with E-state index in [0.717, 1.165) is 41.3 Å². The van der Waals surface area contributed by atoms with Crippen molar-refractivity contribution in [3.63, 3.8) is 0 Å². The summed E-state index contributed by atoms with van der Waals surface area (Å²) in [6, 6.07) is 5.09. The smallest absolute Gasteiger partial charge is 0.240 e. The molecule has 0 amide bonds. The van der Waals surface area contributed by atoms with Crippen LogP contribution in [0.3, 0.4) is 0 Å². The van der Waals surface area contributed by atoms with E-state index in [9.17, 15) is 8.42 Å².